The Morgan fingerprint density at radius 2 is 1.72 bits per heavy atom. The molecule has 0 fully saturated rings. The van der Waals surface area contributed by atoms with Crippen LogP contribution < -0.4 is 15.4 Å². The zero-order valence-corrected chi connectivity index (χ0v) is 21.7. The number of methoxy groups -OCH3 is 1. The molecule has 9 nitrogen and oxygen atoms in total. The van der Waals surface area contributed by atoms with Gasteiger partial charge in [-0.05, 0) is 60.2 Å². The summed E-state index contributed by atoms with van der Waals surface area (Å²) >= 11 is 0. The molecular formula is C30H32N2O7. The molecule has 4 aromatic carbocycles. The molecule has 1 amide bonds. The molecule has 0 spiro atoms. The lowest BCUT2D eigenvalue weighted by atomic mass is 10.1. The van der Waals surface area contributed by atoms with Crippen LogP contribution in [-0.4, -0.2) is 52.5 Å². The van der Waals surface area contributed by atoms with Crippen molar-refractivity contribution in [1.29, 1.82) is 0 Å². The summed E-state index contributed by atoms with van der Waals surface area (Å²) in [6.45, 7) is 2.41. The number of hydrogen-bond donors (Lipinski definition) is 6. The number of phenolic OH excluding ortho intramolecular Hbond substituents is 1. The minimum absolute atomic E-state index is 0.0381. The summed E-state index contributed by atoms with van der Waals surface area (Å²) in [5.74, 6) is -0.500. The molecule has 4 aromatic rings. The number of aliphatic hydroxyl groups is 1. The van der Waals surface area contributed by atoms with Crippen LogP contribution in [0.3, 0.4) is 0 Å². The van der Waals surface area contributed by atoms with Gasteiger partial charge in [0, 0.05) is 18.0 Å². The van der Waals surface area contributed by atoms with E-state index in [1.165, 1.54) is 17.7 Å². The molecule has 39 heavy (non-hydrogen) atoms. The number of rotatable bonds is 10. The number of carboxylic acids is 1. The number of benzene rings is 4. The molecule has 0 bridgehead atoms. The first kappa shape index (κ1) is 29.0. The molecule has 4 rings (SSSR count). The molecular weight excluding hydrogens is 500 g/mol. The van der Waals surface area contributed by atoms with Crippen molar-refractivity contribution in [2.24, 2.45) is 0 Å². The number of fused-ring (bicyclic) bond motifs is 1. The first-order valence-electron chi connectivity index (χ1n) is 12.2. The fourth-order valence-electron chi connectivity index (χ4n) is 3.99. The molecule has 9 heteroatoms. The van der Waals surface area contributed by atoms with Gasteiger partial charge in [-0.1, -0.05) is 48.5 Å². The number of carbonyl (C=O) groups excluding carboxylic acids is 1. The number of nitrogens with one attached hydrogen (secondary N) is 2. The third kappa shape index (κ3) is 7.94. The second-order valence-electron chi connectivity index (χ2n) is 8.90. The molecule has 0 radical (unpaired) electrons. The lowest BCUT2D eigenvalue weighted by Crippen LogP contribution is -2.32. The third-order valence-electron chi connectivity index (χ3n) is 6.11. The van der Waals surface area contributed by atoms with Crippen molar-refractivity contribution in [3.8, 4) is 17.2 Å². The van der Waals surface area contributed by atoms with Crippen molar-refractivity contribution in [2.75, 3.05) is 19.0 Å². The Labute approximate surface area is 226 Å². The molecule has 0 saturated carbocycles. The van der Waals surface area contributed by atoms with Crippen molar-refractivity contribution < 1.29 is 34.8 Å². The van der Waals surface area contributed by atoms with Crippen molar-refractivity contribution in [1.82, 2.24) is 5.32 Å². The predicted molar refractivity (Wildman–Crippen MR) is 149 cm³/mol. The van der Waals surface area contributed by atoms with Crippen LogP contribution >= 0.6 is 0 Å². The highest BCUT2D eigenvalue weighted by Gasteiger charge is 2.13. The van der Waals surface area contributed by atoms with Gasteiger partial charge in [0.2, 0.25) is 6.41 Å². The van der Waals surface area contributed by atoms with E-state index in [4.69, 9.17) is 9.84 Å². The maximum Gasteiger partial charge on any atom is 0.339 e. The van der Waals surface area contributed by atoms with Gasteiger partial charge in [-0.15, -0.1) is 0 Å². The largest absolute Gasteiger partial charge is 0.506 e. The van der Waals surface area contributed by atoms with Gasteiger partial charge in [0.25, 0.3) is 0 Å². The summed E-state index contributed by atoms with van der Waals surface area (Å²) in [7, 11) is 1.64. The molecule has 204 valence electrons. The second kappa shape index (κ2) is 13.8. The first-order valence-corrected chi connectivity index (χ1v) is 12.2. The average Bonchev–Trinajstić information content (AvgIpc) is 2.94. The van der Waals surface area contributed by atoms with Gasteiger partial charge in [0.05, 0.1) is 18.9 Å². The summed E-state index contributed by atoms with van der Waals surface area (Å²) in [6, 6.07) is 22.9. The predicted octanol–water partition coefficient (Wildman–Crippen LogP) is 4.47. The number of carbonyl (C=O) groups is 2. The number of amides is 1. The number of aliphatic hydroxyl groups excluding tert-OH is 1. The fraction of sp³-hybridized carbons (Fsp3) is 0.200. The second-order valence-corrected chi connectivity index (χ2v) is 8.90. The lowest BCUT2D eigenvalue weighted by Gasteiger charge is -2.18. The Hall–Kier alpha value is -4.60. The topological polar surface area (TPSA) is 148 Å². The van der Waals surface area contributed by atoms with E-state index in [2.05, 4.69) is 10.6 Å². The summed E-state index contributed by atoms with van der Waals surface area (Å²) in [6.07, 6.45) is 0.566. The maximum atomic E-state index is 10.7. The normalized spacial score (nSPS) is 12.1. The van der Waals surface area contributed by atoms with Crippen LogP contribution in [0.5, 0.6) is 17.2 Å². The Morgan fingerprint density at radius 1 is 1.00 bits per heavy atom. The first-order chi connectivity index (χ1) is 18.7. The lowest BCUT2D eigenvalue weighted by molar-refractivity contribution is -0.105. The van der Waals surface area contributed by atoms with Crippen LogP contribution in [0.1, 0.15) is 34.5 Å². The minimum atomic E-state index is -1.12. The minimum Gasteiger partial charge on any atom is -0.506 e. The number of aromatic hydroxyl groups is 2. The molecule has 2 atom stereocenters. The van der Waals surface area contributed by atoms with E-state index >= 15 is 0 Å². The van der Waals surface area contributed by atoms with Gasteiger partial charge in [0.15, 0.2) is 0 Å². The monoisotopic (exact) mass is 532 g/mol. The average molecular weight is 533 g/mol. The van der Waals surface area contributed by atoms with Crippen LogP contribution in [0.15, 0.2) is 78.9 Å². The third-order valence-corrected chi connectivity index (χ3v) is 6.11. The van der Waals surface area contributed by atoms with Gasteiger partial charge in [0.1, 0.15) is 22.8 Å². The molecule has 0 aliphatic carbocycles. The smallest absolute Gasteiger partial charge is 0.339 e. The van der Waals surface area contributed by atoms with Crippen LogP contribution in [0.25, 0.3) is 10.8 Å². The summed E-state index contributed by atoms with van der Waals surface area (Å²) in [5.41, 5.74) is 2.00. The molecule has 0 aliphatic rings. The van der Waals surface area contributed by atoms with E-state index in [9.17, 15) is 24.9 Å². The van der Waals surface area contributed by atoms with Gasteiger partial charge in [-0.2, -0.15) is 0 Å². The Morgan fingerprint density at radius 3 is 2.38 bits per heavy atom. The van der Waals surface area contributed by atoms with Crippen molar-refractivity contribution >= 4 is 28.8 Å². The van der Waals surface area contributed by atoms with Gasteiger partial charge in [-0.3, -0.25) is 4.79 Å². The van der Waals surface area contributed by atoms with Gasteiger partial charge >= 0.3 is 5.97 Å². The van der Waals surface area contributed by atoms with Crippen LogP contribution in [0.2, 0.25) is 0 Å². The van der Waals surface area contributed by atoms with Crippen LogP contribution in [-0.2, 0) is 11.2 Å². The number of phenols is 2. The molecule has 6 N–H and O–H groups in total. The van der Waals surface area contributed by atoms with Crippen molar-refractivity contribution in [3.63, 3.8) is 0 Å². The van der Waals surface area contributed by atoms with E-state index in [0.717, 1.165) is 17.6 Å². The highest BCUT2D eigenvalue weighted by Crippen LogP contribution is 2.28. The van der Waals surface area contributed by atoms with E-state index in [1.807, 2.05) is 43.3 Å². The van der Waals surface area contributed by atoms with Gasteiger partial charge < -0.3 is 35.8 Å². The SMILES string of the molecule is COc1ccc(CC(C)NCC(O)c2ccc(O)c(NC=O)c2)cc1.O=C(O)c1ccc2ccccc2c1O. The van der Waals surface area contributed by atoms with E-state index in [0.29, 0.717) is 23.9 Å². The molecule has 0 heterocycles. The quantitative estimate of drug-likeness (QED) is 0.129. The van der Waals surface area contributed by atoms with E-state index in [-0.39, 0.29) is 28.8 Å². The number of hydrogen-bond acceptors (Lipinski definition) is 7. The molecule has 0 aromatic heterocycles. The number of anilines is 1. The fourth-order valence-corrected chi connectivity index (χ4v) is 3.99. The van der Waals surface area contributed by atoms with Crippen LogP contribution in [0, 0.1) is 0 Å². The number of ether oxygens (including phenoxy) is 1. The van der Waals surface area contributed by atoms with E-state index < -0.39 is 12.1 Å². The van der Waals surface area contributed by atoms with Crippen LogP contribution in [0.4, 0.5) is 5.69 Å². The molecule has 0 aliphatic heterocycles. The Balaban J connectivity index is 0.000000252. The number of carboxylic acid groups (broad SMARTS) is 1. The number of aromatic carboxylic acids is 1. The summed E-state index contributed by atoms with van der Waals surface area (Å²) < 4.78 is 5.14. The Bertz CT molecular complexity index is 1410. The zero-order valence-electron chi connectivity index (χ0n) is 21.7. The Kier molecular flexibility index (Phi) is 10.3. The molecule has 2 unspecified atom stereocenters. The summed E-state index contributed by atoms with van der Waals surface area (Å²) in [4.78, 5) is 21.2. The summed E-state index contributed by atoms with van der Waals surface area (Å²) in [5, 5.41) is 45.4. The standard InChI is InChI=1S/C19H24N2O4.C11H8O3/c1-13(9-14-3-6-16(25-2)7-4-14)20-11-19(24)15-5-8-18(23)17(10-15)21-12-22;12-10-8-4-2-1-3-7(8)5-6-9(10)11(13)14/h3-8,10,12-13,19-20,23-24H,9,11H2,1-2H3,(H,21,22);1-6,12H,(H,13,14). The van der Waals surface area contributed by atoms with Crippen molar-refractivity contribution in [2.45, 2.75) is 25.5 Å². The molecule has 0 saturated heterocycles. The van der Waals surface area contributed by atoms with Crippen molar-refractivity contribution in [3.05, 3.63) is 95.6 Å². The maximum absolute atomic E-state index is 10.7. The highest BCUT2D eigenvalue weighted by atomic mass is 16.5. The zero-order chi connectivity index (χ0) is 28.4. The van der Waals surface area contributed by atoms with E-state index in [1.54, 1.807) is 37.4 Å². The van der Waals surface area contributed by atoms with Gasteiger partial charge in [-0.25, -0.2) is 4.79 Å². The highest BCUT2D eigenvalue weighted by molar-refractivity contribution is 6.00.